The summed E-state index contributed by atoms with van der Waals surface area (Å²) in [5.41, 5.74) is 11.8. The molecule has 0 unspecified atom stereocenters. The molecule has 0 atom stereocenters. The van der Waals surface area contributed by atoms with Gasteiger partial charge in [0.25, 0.3) is 5.91 Å². The Morgan fingerprint density at radius 2 is 1.90 bits per heavy atom. The van der Waals surface area contributed by atoms with E-state index in [0.29, 0.717) is 18.4 Å². The van der Waals surface area contributed by atoms with E-state index in [1.807, 2.05) is 24.4 Å². The molecule has 2 aliphatic heterocycles. The van der Waals surface area contributed by atoms with Crippen LogP contribution < -0.4 is 11.1 Å². The van der Waals surface area contributed by atoms with Crippen molar-refractivity contribution in [1.29, 1.82) is 0 Å². The van der Waals surface area contributed by atoms with Crippen LogP contribution in [-0.4, -0.2) is 45.7 Å². The van der Waals surface area contributed by atoms with Crippen LogP contribution in [0, 0.1) is 0 Å². The maximum absolute atomic E-state index is 11.8. The fourth-order valence-corrected chi connectivity index (χ4v) is 4.21. The molecule has 3 aromatic rings. The molecule has 148 valence electrons. The smallest absolute Gasteiger partial charge is 0.251 e. The Labute approximate surface area is 169 Å². The highest BCUT2D eigenvalue weighted by atomic mass is 16.1. The van der Waals surface area contributed by atoms with E-state index in [1.165, 1.54) is 0 Å². The summed E-state index contributed by atoms with van der Waals surface area (Å²) in [7, 11) is 2.16. The summed E-state index contributed by atoms with van der Waals surface area (Å²) >= 11 is 0. The molecular weight excluding hydrogens is 364 g/mol. The first-order valence-electron chi connectivity index (χ1n) is 9.98. The molecule has 2 aromatic heterocycles. The number of aromatic nitrogens is 3. The minimum atomic E-state index is -0.0206. The Hall–Kier alpha value is -3.19. The summed E-state index contributed by atoms with van der Waals surface area (Å²) in [6.07, 6.45) is 8.04. The van der Waals surface area contributed by atoms with Crippen molar-refractivity contribution >= 4 is 11.7 Å². The first kappa shape index (κ1) is 17.9. The van der Waals surface area contributed by atoms with Gasteiger partial charge < -0.3 is 16.0 Å². The Kier molecular flexibility index (Phi) is 4.32. The summed E-state index contributed by atoms with van der Waals surface area (Å²) in [5, 5.41) is 7.47. The number of piperidine rings is 1. The fourth-order valence-electron chi connectivity index (χ4n) is 4.21. The highest BCUT2D eigenvalue weighted by Gasteiger charge is 2.21. The van der Waals surface area contributed by atoms with Crippen LogP contribution in [0.2, 0.25) is 0 Å². The zero-order valence-corrected chi connectivity index (χ0v) is 16.4. The average molecular weight is 388 g/mol. The van der Waals surface area contributed by atoms with Crippen molar-refractivity contribution in [3.63, 3.8) is 0 Å². The van der Waals surface area contributed by atoms with E-state index in [2.05, 4.69) is 44.3 Å². The van der Waals surface area contributed by atoms with Crippen LogP contribution in [0.5, 0.6) is 0 Å². The molecule has 2 aliphatic rings. The lowest BCUT2D eigenvalue weighted by molar-refractivity contribution is 0.0966. The summed E-state index contributed by atoms with van der Waals surface area (Å²) in [6, 6.07) is 8.32. The Balaban J connectivity index is 1.45. The molecule has 1 fully saturated rings. The fraction of sp³-hybridized carbons (Fsp3) is 0.318. The minimum absolute atomic E-state index is 0.0206. The third-order valence-corrected chi connectivity index (χ3v) is 6.02. The van der Waals surface area contributed by atoms with Gasteiger partial charge in [-0.15, -0.1) is 0 Å². The summed E-state index contributed by atoms with van der Waals surface area (Å²) in [5.74, 6) is 0.460. The van der Waals surface area contributed by atoms with Crippen molar-refractivity contribution < 1.29 is 4.79 Å². The molecule has 7 heteroatoms. The van der Waals surface area contributed by atoms with Crippen molar-refractivity contribution in [2.45, 2.75) is 25.4 Å². The lowest BCUT2D eigenvalue weighted by atomic mass is 9.99. The number of carbonyl (C=O) groups is 1. The van der Waals surface area contributed by atoms with Gasteiger partial charge in [-0.1, -0.05) is 6.07 Å². The second-order valence-electron chi connectivity index (χ2n) is 7.95. The summed E-state index contributed by atoms with van der Waals surface area (Å²) in [4.78, 5) is 18.6. The van der Waals surface area contributed by atoms with Crippen LogP contribution in [0.1, 0.15) is 34.8 Å². The number of nitrogens with two attached hydrogens (primary N) is 1. The number of nitrogen functional groups attached to an aromatic ring is 1. The van der Waals surface area contributed by atoms with E-state index in [9.17, 15) is 4.79 Å². The highest BCUT2D eigenvalue weighted by molar-refractivity contribution is 5.99. The van der Waals surface area contributed by atoms with Gasteiger partial charge in [-0.3, -0.25) is 9.48 Å². The van der Waals surface area contributed by atoms with Crippen LogP contribution in [-0.2, 0) is 6.54 Å². The number of anilines is 1. The standard InChI is InChI=1S/C22H24N6O/c1-27-6-4-18(5-7-27)28-13-17(12-26-28)15-9-20(21(23)24-10-15)14-2-3-19-16(8-14)11-25-22(19)29/h2-3,8-10,12-13,18H,4-7,11H2,1H3,(H2,23,24)(H,25,29). The Bertz CT molecular complexity index is 1080. The quantitative estimate of drug-likeness (QED) is 0.720. The molecule has 1 amide bonds. The Morgan fingerprint density at radius 1 is 1.07 bits per heavy atom. The average Bonchev–Trinajstić information content (AvgIpc) is 3.36. The molecule has 7 nitrogen and oxygen atoms in total. The number of hydrogen-bond acceptors (Lipinski definition) is 5. The minimum Gasteiger partial charge on any atom is -0.383 e. The molecule has 0 bridgehead atoms. The molecule has 0 radical (unpaired) electrons. The van der Waals surface area contributed by atoms with E-state index in [4.69, 9.17) is 5.73 Å². The number of carbonyl (C=O) groups excluding carboxylic acids is 1. The van der Waals surface area contributed by atoms with Gasteiger partial charge in [-0.25, -0.2) is 4.98 Å². The number of amides is 1. The van der Waals surface area contributed by atoms with Crippen LogP contribution in [0.3, 0.4) is 0 Å². The molecule has 3 N–H and O–H groups in total. The maximum Gasteiger partial charge on any atom is 0.251 e. The van der Waals surface area contributed by atoms with Crippen molar-refractivity contribution in [2.24, 2.45) is 0 Å². The first-order valence-corrected chi connectivity index (χ1v) is 9.98. The maximum atomic E-state index is 11.8. The van der Waals surface area contributed by atoms with Gasteiger partial charge in [0.2, 0.25) is 0 Å². The molecule has 0 spiro atoms. The number of likely N-dealkylation sites (tertiary alicyclic amines) is 1. The largest absolute Gasteiger partial charge is 0.383 e. The molecule has 29 heavy (non-hydrogen) atoms. The molecule has 0 saturated carbocycles. The van der Waals surface area contributed by atoms with Crippen LogP contribution >= 0.6 is 0 Å². The molecule has 1 saturated heterocycles. The van der Waals surface area contributed by atoms with E-state index >= 15 is 0 Å². The van der Waals surface area contributed by atoms with Crippen molar-refractivity contribution in [2.75, 3.05) is 25.9 Å². The third kappa shape index (κ3) is 3.27. The SMILES string of the molecule is CN1CCC(n2cc(-c3cnc(N)c(-c4ccc5c(c4)CNC5=O)c3)cn2)CC1. The first-order chi connectivity index (χ1) is 14.1. The van der Waals surface area contributed by atoms with Gasteiger partial charge >= 0.3 is 0 Å². The third-order valence-electron chi connectivity index (χ3n) is 6.02. The summed E-state index contributed by atoms with van der Waals surface area (Å²) < 4.78 is 2.09. The van der Waals surface area contributed by atoms with Crippen molar-refractivity contribution in [1.82, 2.24) is 25.0 Å². The van der Waals surface area contributed by atoms with Crippen LogP contribution in [0.15, 0.2) is 42.9 Å². The normalized spacial score (nSPS) is 17.3. The van der Waals surface area contributed by atoms with Gasteiger partial charge in [0.05, 0.1) is 12.2 Å². The molecule has 0 aliphatic carbocycles. The number of benzene rings is 1. The molecular formula is C22H24N6O. The van der Waals surface area contributed by atoms with Crippen LogP contribution in [0.4, 0.5) is 5.82 Å². The van der Waals surface area contributed by atoms with E-state index < -0.39 is 0 Å². The second kappa shape index (κ2) is 7.00. The van der Waals surface area contributed by atoms with Gasteiger partial charge in [-0.2, -0.15) is 5.10 Å². The van der Waals surface area contributed by atoms with Crippen molar-refractivity contribution in [3.05, 3.63) is 54.0 Å². The zero-order chi connectivity index (χ0) is 20.0. The molecule has 1 aromatic carbocycles. The monoisotopic (exact) mass is 388 g/mol. The lowest BCUT2D eigenvalue weighted by Crippen LogP contribution is -2.31. The molecule has 5 rings (SSSR count). The van der Waals surface area contributed by atoms with E-state index in [1.54, 1.807) is 6.20 Å². The summed E-state index contributed by atoms with van der Waals surface area (Å²) in [6.45, 7) is 2.75. The lowest BCUT2D eigenvalue weighted by Gasteiger charge is -2.28. The number of rotatable bonds is 3. The number of nitrogens with one attached hydrogen (secondary N) is 1. The van der Waals surface area contributed by atoms with Gasteiger partial charge in [0, 0.05) is 41.2 Å². The van der Waals surface area contributed by atoms with E-state index in [-0.39, 0.29) is 5.91 Å². The van der Waals surface area contributed by atoms with Gasteiger partial charge in [-0.05, 0) is 62.3 Å². The topological polar surface area (TPSA) is 89.1 Å². The zero-order valence-electron chi connectivity index (χ0n) is 16.4. The predicted molar refractivity (Wildman–Crippen MR) is 112 cm³/mol. The highest BCUT2D eigenvalue weighted by Crippen LogP contribution is 2.32. The van der Waals surface area contributed by atoms with Gasteiger partial charge in [0.15, 0.2) is 0 Å². The van der Waals surface area contributed by atoms with Crippen LogP contribution in [0.25, 0.3) is 22.3 Å². The Morgan fingerprint density at radius 3 is 2.72 bits per heavy atom. The van der Waals surface area contributed by atoms with Crippen molar-refractivity contribution in [3.8, 4) is 22.3 Å². The predicted octanol–water partition coefficient (Wildman–Crippen LogP) is 2.70. The number of hydrogen-bond donors (Lipinski definition) is 2. The van der Waals surface area contributed by atoms with E-state index in [0.717, 1.165) is 59.3 Å². The number of fused-ring (bicyclic) bond motifs is 1. The molecule has 4 heterocycles. The van der Waals surface area contributed by atoms with Gasteiger partial charge in [0.1, 0.15) is 5.82 Å². The number of nitrogens with zero attached hydrogens (tertiary/aromatic N) is 4. The second-order valence-corrected chi connectivity index (χ2v) is 7.95. The number of pyridine rings is 1.